The number of carbonyl (C=O) groups is 1. The summed E-state index contributed by atoms with van der Waals surface area (Å²) in [7, 11) is 0. The van der Waals surface area contributed by atoms with E-state index in [2.05, 4.69) is 43.8 Å². The van der Waals surface area contributed by atoms with Gasteiger partial charge in [0.2, 0.25) is 0 Å². The summed E-state index contributed by atoms with van der Waals surface area (Å²) < 4.78 is 1.84. The molecule has 0 saturated carbocycles. The highest BCUT2D eigenvalue weighted by molar-refractivity contribution is 14.1. The summed E-state index contributed by atoms with van der Waals surface area (Å²) in [6, 6.07) is 11.7. The van der Waals surface area contributed by atoms with Crippen LogP contribution in [-0.2, 0) is 0 Å². The van der Waals surface area contributed by atoms with Crippen LogP contribution in [0.3, 0.4) is 0 Å². The van der Waals surface area contributed by atoms with Crippen molar-refractivity contribution in [3.8, 4) is 0 Å². The lowest BCUT2D eigenvalue weighted by Crippen LogP contribution is -2.15. The monoisotopic (exact) mass is 429 g/mol. The normalized spacial score (nSPS) is 10.3. The van der Waals surface area contributed by atoms with E-state index in [1.165, 1.54) is 0 Å². The molecular formula is C15H13BrINO. The maximum absolute atomic E-state index is 12.4. The average molecular weight is 430 g/mol. The summed E-state index contributed by atoms with van der Waals surface area (Å²) in [5.41, 5.74) is 3.71. The van der Waals surface area contributed by atoms with E-state index in [-0.39, 0.29) is 5.91 Å². The molecule has 0 atom stereocenters. The summed E-state index contributed by atoms with van der Waals surface area (Å²) in [4.78, 5) is 12.4. The Morgan fingerprint density at radius 3 is 2.42 bits per heavy atom. The number of para-hydroxylation sites is 1. The van der Waals surface area contributed by atoms with Gasteiger partial charge in [-0.25, -0.2) is 0 Å². The van der Waals surface area contributed by atoms with Gasteiger partial charge in [-0.15, -0.1) is 0 Å². The summed E-state index contributed by atoms with van der Waals surface area (Å²) >= 11 is 5.57. The Bertz CT molecular complexity index is 620. The number of halogens is 2. The van der Waals surface area contributed by atoms with Gasteiger partial charge in [0, 0.05) is 13.7 Å². The number of rotatable bonds is 2. The fraction of sp³-hybridized carbons (Fsp3) is 0.133. The topological polar surface area (TPSA) is 29.1 Å². The first-order chi connectivity index (χ1) is 8.99. The van der Waals surface area contributed by atoms with Gasteiger partial charge in [-0.05, 0) is 65.8 Å². The highest BCUT2D eigenvalue weighted by Crippen LogP contribution is 2.23. The molecule has 0 aliphatic carbocycles. The van der Waals surface area contributed by atoms with Gasteiger partial charge in [0.05, 0.1) is 5.56 Å². The largest absolute Gasteiger partial charge is 0.321 e. The van der Waals surface area contributed by atoms with Crippen molar-refractivity contribution < 1.29 is 4.79 Å². The molecule has 2 rings (SSSR count). The summed E-state index contributed by atoms with van der Waals surface area (Å²) in [6.45, 7) is 3.99. The number of aryl methyl sites for hydroxylation is 2. The number of carbonyl (C=O) groups excluding carboxylic acids is 1. The van der Waals surface area contributed by atoms with Crippen LogP contribution in [0.5, 0.6) is 0 Å². The lowest BCUT2D eigenvalue weighted by molar-refractivity contribution is 0.102. The van der Waals surface area contributed by atoms with Crippen LogP contribution in [0, 0.1) is 17.4 Å². The Morgan fingerprint density at radius 1 is 1.16 bits per heavy atom. The molecule has 0 unspecified atom stereocenters. The minimum Gasteiger partial charge on any atom is -0.321 e. The first-order valence-corrected chi connectivity index (χ1v) is 7.69. The molecule has 0 bridgehead atoms. The molecule has 1 N–H and O–H groups in total. The molecule has 2 aromatic carbocycles. The van der Waals surface area contributed by atoms with Gasteiger partial charge < -0.3 is 5.32 Å². The van der Waals surface area contributed by atoms with Crippen LogP contribution in [0.25, 0.3) is 0 Å². The van der Waals surface area contributed by atoms with Gasteiger partial charge in [0.1, 0.15) is 0 Å². The molecule has 98 valence electrons. The van der Waals surface area contributed by atoms with Crippen molar-refractivity contribution in [2.75, 3.05) is 5.32 Å². The second-order valence-corrected chi connectivity index (χ2v) is 6.42. The Kier molecular flexibility index (Phi) is 4.62. The third-order valence-corrected chi connectivity index (χ3v) is 4.33. The first kappa shape index (κ1) is 14.5. The number of hydrogen-bond acceptors (Lipinski definition) is 1. The van der Waals surface area contributed by atoms with Crippen LogP contribution < -0.4 is 5.32 Å². The van der Waals surface area contributed by atoms with E-state index in [0.717, 1.165) is 24.9 Å². The lowest BCUT2D eigenvalue weighted by Gasteiger charge is -2.12. The van der Waals surface area contributed by atoms with E-state index >= 15 is 0 Å². The minimum absolute atomic E-state index is 0.0805. The molecule has 19 heavy (non-hydrogen) atoms. The van der Waals surface area contributed by atoms with Crippen molar-refractivity contribution in [2.45, 2.75) is 13.8 Å². The number of hydrogen-bond donors (Lipinski definition) is 1. The van der Waals surface area contributed by atoms with Crippen LogP contribution in [0.4, 0.5) is 5.69 Å². The van der Waals surface area contributed by atoms with Crippen molar-refractivity contribution in [1.82, 2.24) is 0 Å². The van der Waals surface area contributed by atoms with Crippen LogP contribution in [-0.4, -0.2) is 5.91 Å². The smallest absolute Gasteiger partial charge is 0.256 e. The van der Waals surface area contributed by atoms with E-state index in [0.29, 0.717) is 5.56 Å². The molecule has 2 nitrogen and oxygen atoms in total. The molecular weight excluding hydrogens is 417 g/mol. The fourth-order valence-electron chi connectivity index (χ4n) is 1.86. The Labute approximate surface area is 134 Å². The highest BCUT2D eigenvalue weighted by atomic mass is 127. The lowest BCUT2D eigenvalue weighted by atomic mass is 10.1. The average Bonchev–Trinajstić information content (AvgIpc) is 2.37. The van der Waals surface area contributed by atoms with E-state index in [4.69, 9.17) is 0 Å². The zero-order valence-electron chi connectivity index (χ0n) is 10.6. The Hall–Kier alpha value is -0.880. The fourth-order valence-corrected chi connectivity index (χ4v) is 2.81. The van der Waals surface area contributed by atoms with Crippen LogP contribution in [0.2, 0.25) is 0 Å². The van der Waals surface area contributed by atoms with E-state index in [9.17, 15) is 4.79 Å². The SMILES string of the molecule is Cc1cccc(C)c1NC(=O)c1cc(Br)ccc1I. The zero-order valence-corrected chi connectivity index (χ0v) is 14.4. The molecule has 0 aromatic heterocycles. The molecule has 1 amide bonds. The van der Waals surface area contributed by atoms with E-state index in [1.807, 2.05) is 50.2 Å². The maximum Gasteiger partial charge on any atom is 0.256 e. The van der Waals surface area contributed by atoms with Crippen LogP contribution in [0.15, 0.2) is 40.9 Å². The third kappa shape index (κ3) is 3.36. The molecule has 0 radical (unpaired) electrons. The Balaban J connectivity index is 2.34. The van der Waals surface area contributed by atoms with Crippen molar-refractivity contribution >= 4 is 50.1 Å². The second kappa shape index (κ2) is 6.05. The molecule has 0 fully saturated rings. The van der Waals surface area contributed by atoms with Gasteiger partial charge in [-0.1, -0.05) is 34.1 Å². The Morgan fingerprint density at radius 2 is 1.79 bits per heavy atom. The predicted octanol–water partition coefficient (Wildman–Crippen LogP) is 4.92. The second-order valence-electron chi connectivity index (χ2n) is 4.35. The van der Waals surface area contributed by atoms with E-state index < -0.39 is 0 Å². The predicted molar refractivity (Wildman–Crippen MR) is 90.7 cm³/mol. The molecule has 2 aromatic rings. The standard InChI is InChI=1S/C15H13BrINO/c1-9-4-3-5-10(2)14(9)18-15(19)12-8-11(16)6-7-13(12)17/h3-8H,1-2H3,(H,18,19). The number of amides is 1. The molecule has 0 aliphatic rings. The van der Waals surface area contributed by atoms with Crippen molar-refractivity contribution in [2.24, 2.45) is 0 Å². The van der Waals surface area contributed by atoms with Crippen molar-refractivity contribution in [3.05, 3.63) is 61.1 Å². The molecule has 0 spiro atoms. The summed E-state index contributed by atoms with van der Waals surface area (Å²) in [5.74, 6) is -0.0805. The number of benzene rings is 2. The zero-order chi connectivity index (χ0) is 14.0. The van der Waals surface area contributed by atoms with Gasteiger partial charge in [-0.3, -0.25) is 4.79 Å². The molecule has 0 heterocycles. The van der Waals surface area contributed by atoms with Gasteiger partial charge in [-0.2, -0.15) is 0 Å². The first-order valence-electron chi connectivity index (χ1n) is 5.81. The molecule has 0 aliphatic heterocycles. The van der Waals surface area contributed by atoms with Crippen molar-refractivity contribution in [1.29, 1.82) is 0 Å². The van der Waals surface area contributed by atoms with Gasteiger partial charge in [0.15, 0.2) is 0 Å². The molecule has 4 heteroatoms. The molecule has 0 saturated heterocycles. The maximum atomic E-state index is 12.4. The van der Waals surface area contributed by atoms with Crippen molar-refractivity contribution in [3.63, 3.8) is 0 Å². The van der Waals surface area contributed by atoms with E-state index in [1.54, 1.807) is 0 Å². The summed E-state index contributed by atoms with van der Waals surface area (Å²) in [6.07, 6.45) is 0. The van der Waals surface area contributed by atoms with Gasteiger partial charge >= 0.3 is 0 Å². The van der Waals surface area contributed by atoms with Gasteiger partial charge in [0.25, 0.3) is 5.91 Å². The van der Waals surface area contributed by atoms with Crippen LogP contribution in [0.1, 0.15) is 21.5 Å². The number of anilines is 1. The summed E-state index contributed by atoms with van der Waals surface area (Å²) in [5, 5.41) is 3.00. The quantitative estimate of drug-likeness (QED) is 0.674. The minimum atomic E-state index is -0.0805. The number of nitrogens with one attached hydrogen (secondary N) is 1. The third-order valence-electron chi connectivity index (χ3n) is 2.89. The van der Waals surface area contributed by atoms with Crippen LogP contribution >= 0.6 is 38.5 Å². The highest BCUT2D eigenvalue weighted by Gasteiger charge is 2.12.